The molecule has 21 heavy (non-hydrogen) atoms. The molecule has 0 saturated heterocycles. The summed E-state index contributed by atoms with van der Waals surface area (Å²) in [6, 6.07) is 6.86. The third-order valence-corrected chi connectivity index (χ3v) is 3.02. The van der Waals surface area contributed by atoms with E-state index in [0.717, 1.165) is 0 Å². The zero-order valence-corrected chi connectivity index (χ0v) is 12.6. The molecular formula is C14H12Cl2FN3O. The molecule has 0 radical (unpaired) electrons. The summed E-state index contributed by atoms with van der Waals surface area (Å²) >= 11 is 11.6. The number of nitrogens with zero attached hydrogens (tertiary/aromatic N) is 1. The molecule has 0 fully saturated rings. The van der Waals surface area contributed by atoms with Crippen LogP contribution in [-0.2, 0) is 0 Å². The summed E-state index contributed by atoms with van der Waals surface area (Å²) in [7, 11) is 0. The lowest BCUT2D eigenvalue weighted by Gasteiger charge is -2.09. The van der Waals surface area contributed by atoms with Crippen molar-refractivity contribution < 1.29 is 9.18 Å². The second kappa shape index (κ2) is 6.74. The van der Waals surface area contributed by atoms with Crippen molar-refractivity contribution in [1.29, 1.82) is 0 Å². The standard InChI is InChI=1S/C14H12Cl2FN3O/c1-2-18-13-6-8(5-12(16)20-13)14(21)19-11-7-9(15)3-4-10(11)17/h3-7H,2H2,1H3,(H,18,20)(H,19,21). The minimum absolute atomic E-state index is 0.00503. The Balaban J connectivity index is 2.25. The zero-order chi connectivity index (χ0) is 15.4. The highest BCUT2D eigenvalue weighted by molar-refractivity contribution is 6.31. The summed E-state index contributed by atoms with van der Waals surface area (Å²) in [5.74, 6) is -0.596. The number of benzene rings is 1. The van der Waals surface area contributed by atoms with Crippen LogP contribution in [0.25, 0.3) is 0 Å². The van der Waals surface area contributed by atoms with Gasteiger partial charge in [-0.25, -0.2) is 9.37 Å². The summed E-state index contributed by atoms with van der Waals surface area (Å²) in [4.78, 5) is 16.2. The number of halogens is 3. The summed E-state index contributed by atoms with van der Waals surface area (Å²) in [6.45, 7) is 2.53. The van der Waals surface area contributed by atoms with Gasteiger partial charge in [0.1, 0.15) is 16.8 Å². The Morgan fingerprint density at radius 3 is 2.76 bits per heavy atom. The first kappa shape index (κ1) is 15.5. The molecule has 0 spiro atoms. The Hall–Kier alpha value is -1.85. The van der Waals surface area contributed by atoms with Gasteiger partial charge in [0.15, 0.2) is 0 Å². The molecule has 0 atom stereocenters. The Labute approximate surface area is 131 Å². The normalized spacial score (nSPS) is 10.3. The molecule has 2 rings (SSSR count). The number of carbonyl (C=O) groups is 1. The van der Waals surface area contributed by atoms with Crippen molar-refractivity contribution in [1.82, 2.24) is 4.98 Å². The highest BCUT2D eigenvalue weighted by Gasteiger charge is 2.12. The van der Waals surface area contributed by atoms with E-state index in [1.54, 1.807) is 0 Å². The number of hydrogen-bond acceptors (Lipinski definition) is 3. The van der Waals surface area contributed by atoms with Gasteiger partial charge >= 0.3 is 0 Å². The molecular weight excluding hydrogens is 316 g/mol. The van der Waals surface area contributed by atoms with Crippen LogP contribution < -0.4 is 10.6 Å². The van der Waals surface area contributed by atoms with Gasteiger partial charge < -0.3 is 10.6 Å². The molecule has 0 aliphatic rings. The van der Waals surface area contributed by atoms with Gasteiger partial charge in [-0.2, -0.15) is 0 Å². The van der Waals surface area contributed by atoms with E-state index in [1.165, 1.54) is 30.3 Å². The van der Waals surface area contributed by atoms with Crippen molar-refractivity contribution in [3.8, 4) is 0 Å². The lowest BCUT2D eigenvalue weighted by atomic mass is 10.2. The minimum Gasteiger partial charge on any atom is -0.370 e. The van der Waals surface area contributed by atoms with Gasteiger partial charge in [0.25, 0.3) is 5.91 Å². The van der Waals surface area contributed by atoms with Gasteiger partial charge in [0, 0.05) is 17.1 Å². The number of pyridine rings is 1. The van der Waals surface area contributed by atoms with Gasteiger partial charge in [-0.05, 0) is 37.3 Å². The van der Waals surface area contributed by atoms with Crippen molar-refractivity contribution in [3.63, 3.8) is 0 Å². The van der Waals surface area contributed by atoms with E-state index < -0.39 is 11.7 Å². The summed E-state index contributed by atoms with van der Waals surface area (Å²) in [6.07, 6.45) is 0. The third kappa shape index (κ3) is 4.06. The number of carbonyl (C=O) groups excluding carboxylic acids is 1. The van der Waals surface area contributed by atoms with E-state index >= 15 is 0 Å². The Morgan fingerprint density at radius 2 is 2.05 bits per heavy atom. The van der Waals surface area contributed by atoms with E-state index in [9.17, 15) is 9.18 Å². The zero-order valence-electron chi connectivity index (χ0n) is 11.1. The Morgan fingerprint density at radius 1 is 1.29 bits per heavy atom. The second-order valence-corrected chi connectivity index (χ2v) is 5.00. The highest BCUT2D eigenvalue weighted by Crippen LogP contribution is 2.21. The van der Waals surface area contributed by atoms with E-state index in [2.05, 4.69) is 15.6 Å². The van der Waals surface area contributed by atoms with Crippen LogP contribution in [0.15, 0.2) is 30.3 Å². The fourth-order valence-corrected chi connectivity index (χ4v) is 2.07. The predicted octanol–water partition coefficient (Wildman–Crippen LogP) is 4.21. The van der Waals surface area contributed by atoms with Gasteiger partial charge in [-0.15, -0.1) is 0 Å². The van der Waals surface area contributed by atoms with Gasteiger partial charge in [-0.1, -0.05) is 23.2 Å². The Bertz CT molecular complexity index is 679. The van der Waals surface area contributed by atoms with Gasteiger partial charge in [0.2, 0.25) is 0 Å². The van der Waals surface area contributed by atoms with Crippen LogP contribution in [0.2, 0.25) is 10.2 Å². The largest absolute Gasteiger partial charge is 0.370 e. The molecule has 1 heterocycles. The SMILES string of the molecule is CCNc1cc(C(=O)Nc2cc(Cl)ccc2F)cc(Cl)n1. The topological polar surface area (TPSA) is 54.0 Å². The van der Waals surface area contributed by atoms with E-state index in [0.29, 0.717) is 17.4 Å². The quantitative estimate of drug-likeness (QED) is 0.827. The van der Waals surface area contributed by atoms with Crippen LogP contribution in [0.1, 0.15) is 17.3 Å². The first-order valence-electron chi connectivity index (χ1n) is 6.17. The molecule has 2 aromatic rings. The van der Waals surface area contributed by atoms with Crippen LogP contribution in [0.4, 0.5) is 15.9 Å². The lowest BCUT2D eigenvalue weighted by Crippen LogP contribution is -2.14. The molecule has 1 aromatic carbocycles. The number of hydrogen-bond donors (Lipinski definition) is 2. The third-order valence-electron chi connectivity index (χ3n) is 2.59. The van der Waals surface area contributed by atoms with Crippen molar-refractivity contribution in [2.24, 2.45) is 0 Å². The van der Waals surface area contributed by atoms with Crippen molar-refractivity contribution in [2.75, 3.05) is 17.2 Å². The highest BCUT2D eigenvalue weighted by atomic mass is 35.5. The molecule has 4 nitrogen and oxygen atoms in total. The number of rotatable bonds is 4. The maximum absolute atomic E-state index is 13.6. The van der Waals surface area contributed by atoms with E-state index in [4.69, 9.17) is 23.2 Å². The molecule has 1 amide bonds. The maximum atomic E-state index is 13.6. The van der Waals surface area contributed by atoms with E-state index in [1.807, 2.05) is 6.92 Å². The minimum atomic E-state index is -0.570. The second-order valence-electron chi connectivity index (χ2n) is 4.17. The molecule has 0 saturated carbocycles. The first-order chi connectivity index (χ1) is 9.99. The van der Waals surface area contributed by atoms with Gasteiger partial charge in [-0.3, -0.25) is 4.79 Å². The average molecular weight is 328 g/mol. The maximum Gasteiger partial charge on any atom is 0.255 e. The Kier molecular flexibility index (Phi) is 4.98. The molecule has 0 bridgehead atoms. The first-order valence-corrected chi connectivity index (χ1v) is 6.93. The number of anilines is 2. The van der Waals surface area contributed by atoms with Gasteiger partial charge in [0.05, 0.1) is 5.69 Å². The predicted molar refractivity (Wildman–Crippen MR) is 82.8 cm³/mol. The number of aromatic nitrogens is 1. The fraction of sp³-hybridized carbons (Fsp3) is 0.143. The number of amides is 1. The van der Waals surface area contributed by atoms with Crippen LogP contribution in [0, 0.1) is 5.82 Å². The molecule has 0 aliphatic carbocycles. The summed E-state index contributed by atoms with van der Waals surface area (Å²) < 4.78 is 13.6. The van der Waals surface area contributed by atoms with Crippen molar-refractivity contribution in [2.45, 2.75) is 6.92 Å². The molecule has 0 aliphatic heterocycles. The fourth-order valence-electron chi connectivity index (χ4n) is 1.69. The van der Waals surface area contributed by atoms with Crippen molar-refractivity contribution >= 4 is 40.6 Å². The molecule has 0 unspecified atom stereocenters. The van der Waals surface area contributed by atoms with Crippen LogP contribution >= 0.6 is 23.2 Å². The van der Waals surface area contributed by atoms with E-state index in [-0.39, 0.29) is 16.4 Å². The molecule has 7 heteroatoms. The smallest absolute Gasteiger partial charge is 0.255 e. The number of nitrogens with one attached hydrogen (secondary N) is 2. The summed E-state index contributed by atoms with van der Waals surface area (Å²) in [5.41, 5.74) is 0.274. The molecule has 1 aromatic heterocycles. The monoisotopic (exact) mass is 327 g/mol. The molecule has 2 N–H and O–H groups in total. The molecule has 110 valence electrons. The average Bonchev–Trinajstić information content (AvgIpc) is 2.42. The van der Waals surface area contributed by atoms with Crippen molar-refractivity contribution in [3.05, 3.63) is 51.9 Å². The van der Waals surface area contributed by atoms with Crippen LogP contribution in [0.5, 0.6) is 0 Å². The van der Waals surface area contributed by atoms with Crippen LogP contribution in [0.3, 0.4) is 0 Å². The lowest BCUT2D eigenvalue weighted by molar-refractivity contribution is 0.102. The van der Waals surface area contributed by atoms with Crippen LogP contribution in [-0.4, -0.2) is 17.4 Å². The summed E-state index contributed by atoms with van der Waals surface area (Å²) in [5, 5.41) is 5.91.